The lowest BCUT2D eigenvalue weighted by Gasteiger charge is -2.25. The highest BCUT2D eigenvalue weighted by atomic mass is 16.6. The Morgan fingerprint density at radius 2 is 1.49 bits per heavy atom. The number of ether oxygens (including phenoxy) is 2. The second-order valence-electron chi connectivity index (χ2n) is 8.77. The van der Waals surface area contributed by atoms with Crippen molar-refractivity contribution >= 4 is 17.6 Å². The maximum Gasteiger partial charge on any atom is 0.243 e. The summed E-state index contributed by atoms with van der Waals surface area (Å²) in [7, 11) is 3.11. The third-order valence-electron chi connectivity index (χ3n) is 6.09. The molecule has 1 heterocycles. The van der Waals surface area contributed by atoms with Crippen LogP contribution in [0.2, 0.25) is 0 Å². The molecule has 0 saturated carbocycles. The van der Waals surface area contributed by atoms with E-state index >= 15 is 0 Å². The summed E-state index contributed by atoms with van der Waals surface area (Å²) in [4.78, 5) is 39.3. The van der Waals surface area contributed by atoms with Gasteiger partial charge in [0, 0.05) is 6.42 Å². The van der Waals surface area contributed by atoms with E-state index < -0.39 is 42.1 Å². The maximum atomic E-state index is 13.4. The van der Waals surface area contributed by atoms with Crippen molar-refractivity contribution in [3.05, 3.63) is 65.7 Å². The minimum atomic E-state index is -0.975. The Balaban J connectivity index is 1.81. The number of epoxide rings is 1. The van der Waals surface area contributed by atoms with Gasteiger partial charge in [-0.3, -0.25) is 14.4 Å². The molecule has 0 spiro atoms. The highest BCUT2D eigenvalue weighted by Crippen LogP contribution is 2.29. The summed E-state index contributed by atoms with van der Waals surface area (Å²) in [5, 5.41) is 17.7. The number of hydrogen-bond donors (Lipinski definition) is 4. The van der Waals surface area contributed by atoms with Gasteiger partial charge in [-0.25, -0.2) is 0 Å². The zero-order chi connectivity index (χ0) is 25.4. The van der Waals surface area contributed by atoms with E-state index in [9.17, 15) is 19.5 Å². The monoisotopic (exact) mass is 483 g/mol. The summed E-state index contributed by atoms with van der Waals surface area (Å²) in [5.41, 5.74) is 0.761. The largest absolute Gasteiger partial charge is 0.497 e. The average molecular weight is 484 g/mol. The fourth-order valence-corrected chi connectivity index (χ4v) is 3.73. The van der Waals surface area contributed by atoms with E-state index in [-0.39, 0.29) is 12.2 Å². The van der Waals surface area contributed by atoms with Crippen LogP contribution >= 0.6 is 0 Å². The molecule has 2 aromatic carbocycles. The van der Waals surface area contributed by atoms with Gasteiger partial charge in [-0.15, -0.1) is 0 Å². The van der Waals surface area contributed by atoms with Gasteiger partial charge in [0.2, 0.25) is 11.8 Å². The molecular weight excluding hydrogens is 450 g/mol. The molecule has 4 N–H and O–H groups in total. The number of nitrogens with one attached hydrogen (secondary N) is 3. The Morgan fingerprint density at radius 1 is 0.943 bits per heavy atom. The summed E-state index contributed by atoms with van der Waals surface area (Å²) in [6.45, 7) is 1.58. The molecule has 0 bridgehead atoms. The van der Waals surface area contributed by atoms with Crippen molar-refractivity contribution in [1.29, 1.82) is 0 Å². The number of rotatable bonds is 13. The second kappa shape index (κ2) is 11.9. The van der Waals surface area contributed by atoms with Crippen molar-refractivity contribution in [1.82, 2.24) is 16.0 Å². The number of aliphatic hydroxyl groups is 1. The third-order valence-corrected chi connectivity index (χ3v) is 6.09. The van der Waals surface area contributed by atoms with Gasteiger partial charge in [0.25, 0.3) is 0 Å². The Bertz CT molecular complexity index is 1000. The van der Waals surface area contributed by atoms with E-state index in [1.807, 2.05) is 30.3 Å². The first kappa shape index (κ1) is 26.3. The van der Waals surface area contributed by atoms with Crippen LogP contribution in [0.5, 0.6) is 5.75 Å². The summed E-state index contributed by atoms with van der Waals surface area (Å²) in [6, 6.07) is 13.9. The van der Waals surface area contributed by atoms with Gasteiger partial charge in [0.15, 0.2) is 5.78 Å². The van der Waals surface area contributed by atoms with Crippen molar-refractivity contribution < 1.29 is 29.0 Å². The van der Waals surface area contributed by atoms with E-state index in [2.05, 4.69) is 16.0 Å². The summed E-state index contributed by atoms with van der Waals surface area (Å²) in [5.74, 6) is -0.569. The van der Waals surface area contributed by atoms with Crippen LogP contribution in [-0.4, -0.2) is 73.8 Å². The molecule has 0 radical (unpaired) electrons. The SMILES string of the molecule is CNC(CO)C(=O)NC(Cc1ccc(OC)cc1)C(=O)NC(Cc1ccccc1)C(=O)C1(C)CO1. The molecule has 188 valence electrons. The van der Waals surface area contributed by atoms with E-state index in [4.69, 9.17) is 9.47 Å². The van der Waals surface area contributed by atoms with Crippen LogP contribution in [0, 0.1) is 0 Å². The number of likely N-dealkylation sites (N-methyl/N-ethyl adjacent to an activating group) is 1. The number of benzene rings is 2. The van der Waals surface area contributed by atoms with Crippen LogP contribution in [0.1, 0.15) is 18.1 Å². The fraction of sp³-hybridized carbons (Fsp3) is 0.423. The van der Waals surface area contributed by atoms with Gasteiger partial charge in [-0.05, 0) is 43.7 Å². The van der Waals surface area contributed by atoms with Gasteiger partial charge < -0.3 is 30.5 Å². The molecule has 2 aromatic rings. The third kappa shape index (κ3) is 7.11. The van der Waals surface area contributed by atoms with Crippen molar-refractivity contribution in [3.8, 4) is 5.75 Å². The number of amides is 2. The molecule has 4 unspecified atom stereocenters. The normalized spacial score (nSPS) is 19.2. The molecule has 0 aliphatic carbocycles. The van der Waals surface area contributed by atoms with Gasteiger partial charge >= 0.3 is 0 Å². The Kier molecular flexibility index (Phi) is 8.97. The van der Waals surface area contributed by atoms with Crippen LogP contribution in [0.15, 0.2) is 54.6 Å². The zero-order valence-electron chi connectivity index (χ0n) is 20.2. The number of Topliss-reactive ketones (excluding diaryl/α,β-unsaturated/α-hetero) is 1. The van der Waals surface area contributed by atoms with Crippen molar-refractivity contribution in [2.45, 2.75) is 43.5 Å². The summed E-state index contributed by atoms with van der Waals surface area (Å²) in [6.07, 6.45) is 0.479. The molecule has 2 amide bonds. The van der Waals surface area contributed by atoms with Crippen LogP contribution < -0.4 is 20.7 Å². The predicted octanol–water partition coefficient (Wildman–Crippen LogP) is 0.388. The Morgan fingerprint density at radius 3 is 2.03 bits per heavy atom. The smallest absolute Gasteiger partial charge is 0.243 e. The van der Waals surface area contributed by atoms with Gasteiger partial charge in [-0.2, -0.15) is 0 Å². The van der Waals surface area contributed by atoms with Crippen LogP contribution in [-0.2, 0) is 32.0 Å². The average Bonchev–Trinajstić information content (AvgIpc) is 3.63. The lowest BCUT2D eigenvalue weighted by molar-refractivity contribution is -0.133. The van der Waals surface area contributed by atoms with Crippen LogP contribution in [0.25, 0.3) is 0 Å². The number of carbonyl (C=O) groups excluding carboxylic acids is 3. The molecule has 1 aliphatic heterocycles. The molecule has 1 fully saturated rings. The summed E-state index contributed by atoms with van der Waals surface area (Å²) < 4.78 is 10.5. The standard InChI is InChI=1S/C26H33N3O6/c1-26(16-35-26)23(31)20(13-17-7-5-4-6-8-17)28-24(32)21(29-25(33)22(15-30)27-2)14-18-9-11-19(34-3)12-10-18/h4-12,20-22,27,30H,13-16H2,1-3H3,(H,28,32)(H,29,33). The molecule has 9 heteroatoms. The molecule has 1 aliphatic rings. The first-order chi connectivity index (χ1) is 16.8. The highest BCUT2D eigenvalue weighted by Gasteiger charge is 2.50. The Hall–Kier alpha value is -3.27. The number of hydrogen-bond acceptors (Lipinski definition) is 7. The van der Waals surface area contributed by atoms with Gasteiger partial charge in [-0.1, -0.05) is 42.5 Å². The highest BCUT2D eigenvalue weighted by molar-refractivity contribution is 5.98. The summed E-state index contributed by atoms with van der Waals surface area (Å²) >= 11 is 0. The zero-order valence-corrected chi connectivity index (χ0v) is 20.2. The molecule has 0 aromatic heterocycles. The number of methoxy groups -OCH3 is 1. The molecule has 9 nitrogen and oxygen atoms in total. The molecule has 4 atom stereocenters. The molecular formula is C26H33N3O6. The van der Waals surface area contributed by atoms with Gasteiger partial charge in [0.05, 0.1) is 26.4 Å². The fourth-order valence-electron chi connectivity index (χ4n) is 3.73. The van der Waals surface area contributed by atoms with Crippen molar-refractivity contribution in [3.63, 3.8) is 0 Å². The molecule has 35 heavy (non-hydrogen) atoms. The predicted molar refractivity (Wildman–Crippen MR) is 130 cm³/mol. The quantitative estimate of drug-likeness (QED) is 0.303. The number of carbonyl (C=O) groups is 3. The lowest BCUT2D eigenvalue weighted by Crippen LogP contribution is -2.57. The van der Waals surface area contributed by atoms with Crippen LogP contribution in [0.4, 0.5) is 0 Å². The van der Waals surface area contributed by atoms with E-state index in [0.29, 0.717) is 18.8 Å². The number of ketones is 1. The molecule has 3 rings (SSSR count). The minimum Gasteiger partial charge on any atom is -0.497 e. The van der Waals surface area contributed by atoms with E-state index in [0.717, 1.165) is 11.1 Å². The number of aliphatic hydroxyl groups excluding tert-OH is 1. The lowest BCUT2D eigenvalue weighted by atomic mass is 9.94. The van der Waals surface area contributed by atoms with Crippen molar-refractivity contribution in [2.24, 2.45) is 0 Å². The Labute approximate surface area is 205 Å². The van der Waals surface area contributed by atoms with E-state index in [1.165, 1.54) is 0 Å². The first-order valence-corrected chi connectivity index (χ1v) is 11.5. The molecule has 1 saturated heterocycles. The van der Waals surface area contributed by atoms with Crippen LogP contribution in [0.3, 0.4) is 0 Å². The first-order valence-electron chi connectivity index (χ1n) is 11.5. The van der Waals surface area contributed by atoms with Gasteiger partial charge in [0.1, 0.15) is 23.4 Å². The topological polar surface area (TPSA) is 129 Å². The second-order valence-corrected chi connectivity index (χ2v) is 8.77. The maximum absolute atomic E-state index is 13.4. The van der Waals surface area contributed by atoms with E-state index in [1.54, 1.807) is 45.3 Å². The van der Waals surface area contributed by atoms with Crippen molar-refractivity contribution in [2.75, 3.05) is 27.4 Å². The minimum absolute atomic E-state index is 0.184.